The molecule has 0 spiro atoms. The lowest BCUT2D eigenvalue weighted by atomic mass is 10.1. The van der Waals surface area contributed by atoms with Crippen molar-refractivity contribution in [3.8, 4) is 0 Å². The van der Waals surface area contributed by atoms with Gasteiger partial charge in [0.05, 0.1) is 4.34 Å². The van der Waals surface area contributed by atoms with Crippen LogP contribution < -0.4 is 5.32 Å². The molecule has 1 atom stereocenters. The molecule has 2 heterocycles. The zero-order chi connectivity index (χ0) is 15.5. The topological polar surface area (TPSA) is 41.6 Å². The van der Waals surface area contributed by atoms with Crippen LogP contribution in [0.3, 0.4) is 0 Å². The molecule has 1 N–H and O–H groups in total. The quantitative estimate of drug-likeness (QED) is 0.914. The van der Waals surface area contributed by atoms with Gasteiger partial charge in [-0.3, -0.25) is 0 Å². The summed E-state index contributed by atoms with van der Waals surface area (Å²) in [5, 5.41) is 3.50. The molecule has 118 valence electrons. The molecule has 1 amide bonds. The standard InChI is InChI=1S/C15H23ClN2O2S/c1-15(2,3)20-14(19)18-8-4-5-11(10-18)17-9-12-6-7-13(16)21-12/h6-7,11,17H,4-5,8-10H2,1-3H3. The van der Waals surface area contributed by atoms with Crippen LogP contribution in [0.4, 0.5) is 4.79 Å². The molecule has 1 fully saturated rings. The maximum absolute atomic E-state index is 12.1. The van der Waals surface area contributed by atoms with Crippen LogP contribution in [0.25, 0.3) is 0 Å². The fourth-order valence-electron chi connectivity index (χ4n) is 2.33. The zero-order valence-corrected chi connectivity index (χ0v) is 14.4. The predicted octanol–water partition coefficient (Wildman–Crippen LogP) is 3.89. The number of piperidine rings is 1. The molecule has 1 aliphatic rings. The van der Waals surface area contributed by atoms with Gasteiger partial charge in [0.1, 0.15) is 5.60 Å². The van der Waals surface area contributed by atoms with Gasteiger partial charge >= 0.3 is 6.09 Å². The van der Waals surface area contributed by atoms with Gasteiger partial charge in [-0.15, -0.1) is 11.3 Å². The normalized spacial score (nSPS) is 19.6. The Bertz CT molecular complexity index is 484. The van der Waals surface area contributed by atoms with E-state index in [9.17, 15) is 4.79 Å². The van der Waals surface area contributed by atoms with E-state index < -0.39 is 5.60 Å². The maximum Gasteiger partial charge on any atom is 0.410 e. The average Bonchev–Trinajstić information content (AvgIpc) is 2.81. The third-order valence-corrected chi connectivity index (χ3v) is 4.50. The van der Waals surface area contributed by atoms with E-state index in [-0.39, 0.29) is 6.09 Å². The highest BCUT2D eigenvalue weighted by Gasteiger charge is 2.27. The number of amides is 1. The van der Waals surface area contributed by atoms with Crippen LogP contribution >= 0.6 is 22.9 Å². The van der Waals surface area contributed by atoms with Gasteiger partial charge in [0.2, 0.25) is 0 Å². The summed E-state index contributed by atoms with van der Waals surface area (Å²) in [5.41, 5.74) is -0.439. The first kappa shape index (κ1) is 16.6. The highest BCUT2D eigenvalue weighted by atomic mass is 35.5. The number of rotatable bonds is 3. The maximum atomic E-state index is 12.1. The molecule has 0 saturated carbocycles. The second-order valence-electron chi connectivity index (χ2n) is 6.35. The van der Waals surface area contributed by atoms with E-state index >= 15 is 0 Å². The molecule has 0 aliphatic carbocycles. The number of nitrogens with one attached hydrogen (secondary N) is 1. The Kier molecular flexibility index (Phi) is 5.52. The Morgan fingerprint density at radius 1 is 1.52 bits per heavy atom. The Labute approximate surface area is 135 Å². The van der Waals surface area contributed by atoms with E-state index in [0.717, 1.165) is 30.3 Å². The minimum Gasteiger partial charge on any atom is -0.444 e. The smallest absolute Gasteiger partial charge is 0.410 e. The second-order valence-corrected chi connectivity index (χ2v) is 8.15. The predicted molar refractivity (Wildman–Crippen MR) is 87.0 cm³/mol. The van der Waals surface area contributed by atoms with Crippen LogP contribution in [0.2, 0.25) is 4.34 Å². The van der Waals surface area contributed by atoms with Crippen LogP contribution in [0.15, 0.2) is 12.1 Å². The molecule has 1 aromatic heterocycles. The van der Waals surface area contributed by atoms with Gasteiger partial charge in [-0.25, -0.2) is 4.79 Å². The van der Waals surface area contributed by atoms with Gasteiger partial charge in [-0.2, -0.15) is 0 Å². The Hall–Kier alpha value is -0.780. The number of carbonyl (C=O) groups excluding carboxylic acids is 1. The Morgan fingerprint density at radius 3 is 2.90 bits per heavy atom. The lowest BCUT2D eigenvalue weighted by molar-refractivity contribution is 0.0187. The number of thiophene rings is 1. The second kappa shape index (κ2) is 6.99. The first-order valence-corrected chi connectivity index (χ1v) is 8.48. The molecule has 1 unspecified atom stereocenters. The van der Waals surface area contributed by atoms with Crippen LogP contribution in [-0.2, 0) is 11.3 Å². The van der Waals surface area contributed by atoms with E-state index in [4.69, 9.17) is 16.3 Å². The number of carbonyl (C=O) groups is 1. The zero-order valence-electron chi connectivity index (χ0n) is 12.8. The van der Waals surface area contributed by atoms with Gasteiger partial charge in [0, 0.05) is 30.6 Å². The molecule has 1 aromatic rings. The summed E-state index contributed by atoms with van der Waals surface area (Å²) >= 11 is 7.52. The van der Waals surface area contributed by atoms with Crippen molar-refractivity contribution < 1.29 is 9.53 Å². The first-order chi connectivity index (χ1) is 9.83. The lowest BCUT2D eigenvalue weighted by Gasteiger charge is -2.34. The van der Waals surface area contributed by atoms with Gasteiger partial charge in [-0.05, 0) is 45.7 Å². The van der Waals surface area contributed by atoms with Crippen LogP contribution in [0, 0.1) is 0 Å². The lowest BCUT2D eigenvalue weighted by Crippen LogP contribution is -2.49. The van der Waals surface area contributed by atoms with Gasteiger partial charge in [0.25, 0.3) is 0 Å². The highest BCUT2D eigenvalue weighted by Crippen LogP contribution is 2.22. The third-order valence-electron chi connectivity index (χ3n) is 3.27. The van der Waals surface area contributed by atoms with Crippen LogP contribution in [0.5, 0.6) is 0 Å². The molecule has 0 bridgehead atoms. The van der Waals surface area contributed by atoms with Crippen molar-refractivity contribution in [3.63, 3.8) is 0 Å². The van der Waals surface area contributed by atoms with Crippen LogP contribution in [-0.4, -0.2) is 35.7 Å². The summed E-state index contributed by atoms with van der Waals surface area (Å²) in [5.74, 6) is 0. The van der Waals surface area contributed by atoms with Crippen molar-refractivity contribution in [1.29, 1.82) is 0 Å². The van der Waals surface area contributed by atoms with Crippen molar-refractivity contribution in [2.24, 2.45) is 0 Å². The fourth-order valence-corrected chi connectivity index (χ4v) is 3.37. The highest BCUT2D eigenvalue weighted by molar-refractivity contribution is 7.16. The van der Waals surface area contributed by atoms with E-state index in [1.807, 2.05) is 32.9 Å². The third kappa shape index (κ3) is 5.49. The van der Waals surface area contributed by atoms with E-state index in [1.165, 1.54) is 4.88 Å². The van der Waals surface area contributed by atoms with Crippen molar-refractivity contribution in [2.75, 3.05) is 13.1 Å². The van der Waals surface area contributed by atoms with E-state index in [0.29, 0.717) is 12.6 Å². The Morgan fingerprint density at radius 2 is 2.29 bits per heavy atom. The average molecular weight is 331 g/mol. The molecule has 0 radical (unpaired) electrons. The molecule has 0 aromatic carbocycles. The summed E-state index contributed by atoms with van der Waals surface area (Å²) in [7, 11) is 0. The van der Waals surface area contributed by atoms with Crippen molar-refractivity contribution in [1.82, 2.24) is 10.2 Å². The number of ether oxygens (including phenoxy) is 1. The number of halogens is 1. The summed E-state index contributed by atoms with van der Waals surface area (Å²) in [6.45, 7) is 7.96. The van der Waals surface area contributed by atoms with E-state index in [1.54, 1.807) is 16.2 Å². The molecule has 6 heteroatoms. The number of nitrogens with zero attached hydrogens (tertiary/aromatic N) is 1. The van der Waals surface area contributed by atoms with E-state index in [2.05, 4.69) is 5.32 Å². The summed E-state index contributed by atoms with van der Waals surface area (Å²) in [6, 6.07) is 4.26. The Balaban J connectivity index is 1.81. The number of hydrogen-bond acceptors (Lipinski definition) is 4. The van der Waals surface area contributed by atoms with Crippen molar-refractivity contribution in [3.05, 3.63) is 21.3 Å². The molecule has 2 rings (SSSR count). The minimum absolute atomic E-state index is 0.215. The molecular weight excluding hydrogens is 308 g/mol. The monoisotopic (exact) mass is 330 g/mol. The number of hydrogen-bond donors (Lipinski definition) is 1. The van der Waals surface area contributed by atoms with Crippen molar-refractivity contribution in [2.45, 2.75) is 51.8 Å². The summed E-state index contributed by atoms with van der Waals surface area (Å²) in [6.07, 6.45) is 1.87. The molecule has 4 nitrogen and oxygen atoms in total. The molecule has 21 heavy (non-hydrogen) atoms. The van der Waals surface area contributed by atoms with Gasteiger partial charge < -0.3 is 15.0 Å². The molecule has 1 aliphatic heterocycles. The summed E-state index contributed by atoms with van der Waals surface area (Å²) < 4.78 is 6.25. The molecular formula is C15H23ClN2O2S. The summed E-state index contributed by atoms with van der Waals surface area (Å²) in [4.78, 5) is 15.1. The fraction of sp³-hybridized carbons (Fsp3) is 0.667. The van der Waals surface area contributed by atoms with Gasteiger partial charge in [-0.1, -0.05) is 11.6 Å². The number of likely N-dealkylation sites (tertiary alicyclic amines) is 1. The van der Waals surface area contributed by atoms with Crippen molar-refractivity contribution >= 4 is 29.0 Å². The van der Waals surface area contributed by atoms with Gasteiger partial charge in [0.15, 0.2) is 0 Å². The largest absolute Gasteiger partial charge is 0.444 e. The first-order valence-electron chi connectivity index (χ1n) is 7.29. The SMILES string of the molecule is CC(C)(C)OC(=O)N1CCCC(NCc2ccc(Cl)s2)C1. The van der Waals surface area contributed by atoms with Crippen LogP contribution in [0.1, 0.15) is 38.5 Å². The molecule has 1 saturated heterocycles. The minimum atomic E-state index is -0.439.